The summed E-state index contributed by atoms with van der Waals surface area (Å²) in [5.41, 5.74) is 10.6. The van der Waals surface area contributed by atoms with Crippen LogP contribution in [0.25, 0.3) is 0 Å². The van der Waals surface area contributed by atoms with Gasteiger partial charge in [0.15, 0.2) is 0 Å². The van der Waals surface area contributed by atoms with Crippen LogP contribution in [0.4, 0.5) is 0 Å². The summed E-state index contributed by atoms with van der Waals surface area (Å²) in [5.74, 6) is 0.993. The molecule has 0 heterocycles. The fourth-order valence-electron chi connectivity index (χ4n) is 3.62. The van der Waals surface area contributed by atoms with E-state index in [0.717, 1.165) is 12.2 Å². The van der Waals surface area contributed by atoms with Gasteiger partial charge in [0.1, 0.15) is 5.75 Å². The maximum atomic E-state index is 6.66. The number of aryl methyl sites for hydroxylation is 1. The highest BCUT2D eigenvalue weighted by atomic mass is 16.5. The maximum absolute atomic E-state index is 6.66. The molecule has 1 aliphatic carbocycles. The molecule has 1 saturated carbocycles. The molecular formula is C17H27NO. The van der Waals surface area contributed by atoms with Gasteiger partial charge in [-0.3, -0.25) is 0 Å². The Balaban J connectivity index is 2.43. The Hall–Kier alpha value is -1.02. The van der Waals surface area contributed by atoms with Crippen LogP contribution in [0.3, 0.4) is 0 Å². The van der Waals surface area contributed by atoms with Gasteiger partial charge >= 0.3 is 0 Å². The zero-order chi connectivity index (χ0) is 14.0. The van der Waals surface area contributed by atoms with Crippen LogP contribution in [0.2, 0.25) is 0 Å². The summed E-state index contributed by atoms with van der Waals surface area (Å²) in [4.78, 5) is 0. The SMILES string of the molecule is CCC1(C(N)c2ccc(C)c(C)c2OC)CCCC1. The van der Waals surface area contributed by atoms with Crippen molar-refractivity contribution in [2.45, 2.75) is 58.9 Å². The number of nitrogens with two attached hydrogens (primary N) is 1. The van der Waals surface area contributed by atoms with E-state index >= 15 is 0 Å². The minimum atomic E-state index is 0.0919. The summed E-state index contributed by atoms with van der Waals surface area (Å²) >= 11 is 0. The number of ether oxygens (including phenoxy) is 1. The van der Waals surface area contributed by atoms with E-state index < -0.39 is 0 Å². The number of rotatable bonds is 4. The molecule has 0 amide bonds. The number of hydrogen-bond donors (Lipinski definition) is 1. The molecule has 0 aromatic heterocycles. The van der Waals surface area contributed by atoms with Crippen molar-refractivity contribution in [3.05, 3.63) is 28.8 Å². The van der Waals surface area contributed by atoms with Gasteiger partial charge in [0.05, 0.1) is 7.11 Å². The molecule has 0 bridgehead atoms. The smallest absolute Gasteiger partial charge is 0.126 e. The van der Waals surface area contributed by atoms with Gasteiger partial charge in [-0.15, -0.1) is 0 Å². The van der Waals surface area contributed by atoms with Gasteiger partial charge in [-0.25, -0.2) is 0 Å². The van der Waals surface area contributed by atoms with E-state index in [2.05, 4.69) is 32.9 Å². The summed E-state index contributed by atoms with van der Waals surface area (Å²) in [5, 5.41) is 0. The molecule has 2 N–H and O–H groups in total. The summed E-state index contributed by atoms with van der Waals surface area (Å²) in [6, 6.07) is 4.43. The van der Waals surface area contributed by atoms with Crippen molar-refractivity contribution >= 4 is 0 Å². The third-order valence-corrected chi connectivity index (χ3v) is 5.21. The zero-order valence-corrected chi connectivity index (χ0v) is 12.8. The van der Waals surface area contributed by atoms with E-state index in [-0.39, 0.29) is 11.5 Å². The first-order chi connectivity index (χ1) is 9.05. The Morgan fingerprint density at radius 2 is 1.89 bits per heavy atom. The molecule has 0 saturated heterocycles. The molecule has 1 aliphatic rings. The number of benzene rings is 1. The highest BCUT2D eigenvalue weighted by molar-refractivity contribution is 5.47. The van der Waals surface area contributed by atoms with Gasteiger partial charge in [-0.2, -0.15) is 0 Å². The van der Waals surface area contributed by atoms with Crippen LogP contribution < -0.4 is 10.5 Å². The predicted molar refractivity (Wildman–Crippen MR) is 80.6 cm³/mol. The predicted octanol–water partition coefficient (Wildman–Crippen LogP) is 4.28. The van der Waals surface area contributed by atoms with Crippen molar-refractivity contribution in [2.75, 3.05) is 7.11 Å². The second-order valence-electron chi connectivity index (χ2n) is 6.03. The summed E-state index contributed by atoms with van der Waals surface area (Å²) in [6.45, 7) is 6.52. The fraction of sp³-hybridized carbons (Fsp3) is 0.647. The Morgan fingerprint density at radius 1 is 1.26 bits per heavy atom. The van der Waals surface area contributed by atoms with Crippen molar-refractivity contribution in [1.29, 1.82) is 0 Å². The first-order valence-corrected chi connectivity index (χ1v) is 7.45. The molecule has 1 fully saturated rings. The highest BCUT2D eigenvalue weighted by Gasteiger charge is 2.39. The first-order valence-electron chi connectivity index (χ1n) is 7.45. The Labute approximate surface area is 117 Å². The molecule has 0 radical (unpaired) electrons. The molecule has 19 heavy (non-hydrogen) atoms. The van der Waals surface area contributed by atoms with E-state index in [1.165, 1.54) is 42.4 Å². The third kappa shape index (κ3) is 2.38. The summed E-state index contributed by atoms with van der Waals surface area (Å²) in [7, 11) is 1.76. The van der Waals surface area contributed by atoms with E-state index in [1.807, 2.05) is 0 Å². The molecule has 1 atom stereocenters. The van der Waals surface area contributed by atoms with E-state index in [0.29, 0.717) is 0 Å². The Morgan fingerprint density at radius 3 is 2.42 bits per heavy atom. The number of hydrogen-bond acceptors (Lipinski definition) is 2. The van der Waals surface area contributed by atoms with Crippen LogP contribution in [0.15, 0.2) is 12.1 Å². The fourth-order valence-corrected chi connectivity index (χ4v) is 3.62. The van der Waals surface area contributed by atoms with Crippen LogP contribution in [0.1, 0.15) is 61.8 Å². The molecule has 1 aromatic carbocycles. The van der Waals surface area contributed by atoms with Crippen LogP contribution in [-0.4, -0.2) is 7.11 Å². The summed E-state index contributed by atoms with van der Waals surface area (Å²) in [6.07, 6.45) is 6.29. The first kappa shape index (κ1) is 14.4. The monoisotopic (exact) mass is 261 g/mol. The average molecular weight is 261 g/mol. The molecule has 2 heteroatoms. The number of methoxy groups -OCH3 is 1. The Bertz CT molecular complexity index is 447. The minimum absolute atomic E-state index is 0.0919. The van der Waals surface area contributed by atoms with Gasteiger partial charge in [-0.05, 0) is 49.7 Å². The molecule has 106 valence electrons. The van der Waals surface area contributed by atoms with Crippen molar-refractivity contribution in [3.8, 4) is 5.75 Å². The topological polar surface area (TPSA) is 35.2 Å². The average Bonchev–Trinajstić information content (AvgIpc) is 2.91. The molecular weight excluding hydrogens is 234 g/mol. The lowest BCUT2D eigenvalue weighted by Crippen LogP contribution is -2.32. The summed E-state index contributed by atoms with van der Waals surface area (Å²) < 4.78 is 5.65. The van der Waals surface area contributed by atoms with Gasteiger partial charge in [0.2, 0.25) is 0 Å². The van der Waals surface area contributed by atoms with Gasteiger partial charge in [0.25, 0.3) is 0 Å². The molecule has 0 spiro atoms. The van der Waals surface area contributed by atoms with Crippen LogP contribution in [0.5, 0.6) is 5.75 Å². The quantitative estimate of drug-likeness (QED) is 0.878. The largest absolute Gasteiger partial charge is 0.496 e. The van der Waals surface area contributed by atoms with Crippen LogP contribution in [0, 0.1) is 19.3 Å². The zero-order valence-electron chi connectivity index (χ0n) is 12.8. The lowest BCUT2D eigenvalue weighted by Gasteiger charge is -2.35. The van der Waals surface area contributed by atoms with Gasteiger partial charge in [-0.1, -0.05) is 31.9 Å². The highest BCUT2D eigenvalue weighted by Crippen LogP contribution is 2.50. The second kappa shape index (κ2) is 5.54. The van der Waals surface area contributed by atoms with E-state index in [4.69, 9.17) is 10.5 Å². The van der Waals surface area contributed by atoms with Gasteiger partial charge < -0.3 is 10.5 Å². The second-order valence-corrected chi connectivity index (χ2v) is 6.03. The van der Waals surface area contributed by atoms with Crippen molar-refractivity contribution in [2.24, 2.45) is 11.1 Å². The molecule has 2 rings (SSSR count). The van der Waals surface area contributed by atoms with E-state index in [9.17, 15) is 0 Å². The Kier molecular flexibility index (Phi) is 4.19. The van der Waals surface area contributed by atoms with Crippen LogP contribution >= 0.6 is 0 Å². The molecule has 1 unspecified atom stereocenters. The molecule has 0 aliphatic heterocycles. The maximum Gasteiger partial charge on any atom is 0.126 e. The van der Waals surface area contributed by atoms with E-state index in [1.54, 1.807) is 7.11 Å². The van der Waals surface area contributed by atoms with Crippen molar-refractivity contribution in [1.82, 2.24) is 0 Å². The third-order valence-electron chi connectivity index (χ3n) is 5.21. The van der Waals surface area contributed by atoms with Crippen molar-refractivity contribution in [3.63, 3.8) is 0 Å². The lowest BCUT2D eigenvalue weighted by atomic mass is 9.73. The van der Waals surface area contributed by atoms with Crippen molar-refractivity contribution < 1.29 is 4.74 Å². The minimum Gasteiger partial charge on any atom is -0.496 e. The normalized spacial score (nSPS) is 19.4. The molecule has 2 nitrogen and oxygen atoms in total. The van der Waals surface area contributed by atoms with Gasteiger partial charge in [0, 0.05) is 11.6 Å². The van der Waals surface area contributed by atoms with Crippen LogP contribution in [-0.2, 0) is 0 Å². The lowest BCUT2D eigenvalue weighted by molar-refractivity contribution is 0.218. The standard InChI is InChI=1S/C17H27NO/c1-5-17(10-6-7-11-17)16(18)14-9-8-12(2)13(3)15(14)19-4/h8-9,16H,5-7,10-11,18H2,1-4H3. The molecule has 1 aromatic rings.